The summed E-state index contributed by atoms with van der Waals surface area (Å²) in [7, 11) is 0. The summed E-state index contributed by atoms with van der Waals surface area (Å²) in [5, 5.41) is 14.1. The minimum absolute atomic E-state index is 0.0953. The van der Waals surface area contributed by atoms with Crippen LogP contribution in [-0.4, -0.2) is 42.6 Å². The van der Waals surface area contributed by atoms with Gasteiger partial charge in [-0.2, -0.15) is 0 Å². The first-order valence-electron chi connectivity index (χ1n) is 6.44. The largest absolute Gasteiger partial charge is 0.482 e. The fraction of sp³-hybridized carbons (Fsp3) is 0.462. The molecule has 7 nitrogen and oxygen atoms in total. The minimum Gasteiger partial charge on any atom is -0.482 e. The predicted octanol–water partition coefficient (Wildman–Crippen LogP) is 0.640. The first-order valence-corrected chi connectivity index (χ1v) is 7.25. The first kappa shape index (κ1) is 17.0. The molecular formula is C13H18N2O5S. The van der Waals surface area contributed by atoms with E-state index in [4.69, 9.17) is 9.84 Å². The molecule has 0 aliphatic heterocycles. The molecule has 0 aromatic carbocycles. The van der Waals surface area contributed by atoms with Crippen molar-refractivity contribution in [1.29, 1.82) is 0 Å². The Morgan fingerprint density at radius 3 is 2.52 bits per heavy atom. The minimum atomic E-state index is -1.07. The number of carboxylic acid groups (broad SMARTS) is 1. The number of aromatic carboxylic acids is 1. The first-order chi connectivity index (χ1) is 9.93. The number of carbonyl (C=O) groups is 3. The van der Waals surface area contributed by atoms with E-state index in [1.165, 1.54) is 6.92 Å². The monoisotopic (exact) mass is 314 g/mol. The number of thiophene rings is 1. The van der Waals surface area contributed by atoms with Crippen LogP contribution in [0.3, 0.4) is 0 Å². The molecule has 3 N–H and O–H groups in total. The molecule has 0 atom stereocenters. The Labute approximate surface area is 126 Å². The van der Waals surface area contributed by atoms with Gasteiger partial charge in [0.25, 0.3) is 5.91 Å². The van der Waals surface area contributed by atoms with Crippen LogP contribution in [0.15, 0.2) is 6.07 Å². The fourth-order valence-electron chi connectivity index (χ4n) is 1.49. The van der Waals surface area contributed by atoms with Crippen LogP contribution in [0.25, 0.3) is 0 Å². The molecule has 0 saturated heterocycles. The molecule has 1 rings (SSSR count). The highest BCUT2D eigenvalue weighted by Crippen LogP contribution is 2.29. The van der Waals surface area contributed by atoms with Crippen molar-refractivity contribution in [3.63, 3.8) is 0 Å². The van der Waals surface area contributed by atoms with Gasteiger partial charge in [0.05, 0.1) is 0 Å². The molecule has 116 valence electrons. The van der Waals surface area contributed by atoms with Crippen LogP contribution in [-0.2, 0) is 16.0 Å². The number of amides is 2. The Balaban J connectivity index is 2.44. The average Bonchev–Trinajstić information content (AvgIpc) is 2.84. The summed E-state index contributed by atoms with van der Waals surface area (Å²) in [6.45, 7) is 3.66. The van der Waals surface area contributed by atoms with Gasteiger partial charge in [-0.15, -0.1) is 11.3 Å². The molecule has 0 unspecified atom stereocenters. The standard InChI is InChI=1S/C13H18N2O5S/c1-3-9-6-10(12(21-9)13(18)19)20-7-11(17)15-5-4-14-8(2)16/h6H,3-5,7H2,1-2H3,(H,14,16)(H,15,17)(H,18,19). The summed E-state index contributed by atoms with van der Waals surface area (Å²) in [5.74, 6) is -1.40. The quantitative estimate of drug-likeness (QED) is 0.611. The van der Waals surface area contributed by atoms with E-state index in [1.54, 1.807) is 6.07 Å². The van der Waals surface area contributed by atoms with E-state index in [0.717, 1.165) is 16.2 Å². The van der Waals surface area contributed by atoms with Gasteiger partial charge >= 0.3 is 5.97 Å². The fourth-order valence-corrected chi connectivity index (χ4v) is 2.37. The number of carboxylic acids is 1. The number of hydrogen-bond acceptors (Lipinski definition) is 5. The Morgan fingerprint density at radius 1 is 1.29 bits per heavy atom. The molecule has 1 aromatic heterocycles. The molecule has 0 spiro atoms. The van der Waals surface area contributed by atoms with Gasteiger partial charge in [0.2, 0.25) is 5.91 Å². The third-order valence-corrected chi connectivity index (χ3v) is 3.72. The van der Waals surface area contributed by atoms with Crippen molar-refractivity contribution in [3.8, 4) is 5.75 Å². The van der Waals surface area contributed by atoms with Crippen LogP contribution < -0.4 is 15.4 Å². The van der Waals surface area contributed by atoms with Gasteiger partial charge < -0.3 is 20.5 Å². The lowest BCUT2D eigenvalue weighted by molar-refractivity contribution is -0.123. The molecule has 1 heterocycles. The summed E-state index contributed by atoms with van der Waals surface area (Å²) in [5.41, 5.74) is 0. The van der Waals surface area contributed by atoms with Crippen molar-refractivity contribution in [2.75, 3.05) is 19.7 Å². The summed E-state index contributed by atoms with van der Waals surface area (Å²) in [6, 6.07) is 1.64. The summed E-state index contributed by atoms with van der Waals surface area (Å²) in [6.07, 6.45) is 0.706. The van der Waals surface area contributed by atoms with Gasteiger partial charge in [0.1, 0.15) is 5.75 Å². The van der Waals surface area contributed by atoms with Gasteiger partial charge in [0.15, 0.2) is 11.5 Å². The third-order valence-electron chi connectivity index (χ3n) is 2.47. The SMILES string of the molecule is CCc1cc(OCC(=O)NCCNC(C)=O)c(C(=O)O)s1. The Kier molecular flexibility index (Phi) is 6.67. The average molecular weight is 314 g/mol. The highest BCUT2D eigenvalue weighted by atomic mass is 32.1. The number of rotatable bonds is 8. The summed E-state index contributed by atoms with van der Waals surface area (Å²) >= 11 is 1.14. The lowest BCUT2D eigenvalue weighted by Crippen LogP contribution is -2.36. The highest BCUT2D eigenvalue weighted by molar-refractivity contribution is 7.14. The van der Waals surface area contributed by atoms with E-state index >= 15 is 0 Å². The Bertz CT molecular complexity index is 527. The number of nitrogens with one attached hydrogen (secondary N) is 2. The molecule has 0 radical (unpaired) electrons. The number of ether oxygens (including phenoxy) is 1. The van der Waals surface area contributed by atoms with E-state index in [9.17, 15) is 14.4 Å². The topological polar surface area (TPSA) is 105 Å². The van der Waals surface area contributed by atoms with Gasteiger partial charge in [-0.1, -0.05) is 6.92 Å². The van der Waals surface area contributed by atoms with Crippen LogP contribution in [0.4, 0.5) is 0 Å². The van der Waals surface area contributed by atoms with Crippen molar-refractivity contribution in [3.05, 3.63) is 15.8 Å². The third kappa shape index (κ3) is 5.82. The zero-order valence-corrected chi connectivity index (χ0v) is 12.7. The predicted molar refractivity (Wildman–Crippen MR) is 77.8 cm³/mol. The van der Waals surface area contributed by atoms with Crippen LogP contribution >= 0.6 is 11.3 Å². The van der Waals surface area contributed by atoms with Crippen molar-refractivity contribution in [2.45, 2.75) is 20.3 Å². The van der Waals surface area contributed by atoms with Gasteiger partial charge in [0, 0.05) is 24.9 Å². The molecule has 2 amide bonds. The molecule has 21 heavy (non-hydrogen) atoms. The number of hydrogen-bond donors (Lipinski definition) is 3. The van der Waals surface area contributed by atoms with Crippen LogP contribution in [0.1, 0.15) is 28.4 Å². The summed E-state index contributed by atoms with van der Waals surface area (Å²) in [4.78, 5) is 34.2. The summed E-state index contributed by atoms with van der Waals surface area (Å²) < 4.78 is 5.25. The Hall–Kier alpha value is -2.09. The van der Waals surface area contributed by atoms with Gasteiger partial charge in [-0.3, -0.25) is 9.59 Å². The highest BCUT2D eigenvalue weighted by Gasteiger charge is 2.17. The van der Waals surface area contributed by atoms with E-state index in [1.807, 2.05) is 6.92 Å². The second kappa shape index (κ2) is 8.25. The molecule has 8 heteroatoms. The second-order valence-electron chi connectivity index (χ2n) is 4.19. The number of carbonyl (C=O) groups excluding carboxylic acids is 2. The van der Waals surface area contributed by atoms with Crippen LogP contribution in [0, 0.1) is 0 Å². The maximum atomic E-state index is 11.5. The maximum absolute atomic E-state index is 11.5. The van der Waals surface area contributed by atoms with Crippen molar-refractivity contribution in [1.82, 2.24) is 10.6 Å². The molecule has 0 fully saturated rings. The van der Waals surface area contributed by atoms with Crippen molar-refractivity contribution in [2.24, 2.45) is 0 Å². The Morgan fingerprint density at radius 2 is 1.95 bits per heavy atom. The molecule has 0 bridgehead atoms. The molecule has 0 aliphatic rings. The lowest BCUT2D eigenvalue weighted by Gasteiger charge is -2.07. The molecule has 1 aromatic rings. The van der Waals surface area contributed by atoms with Gasteiger partial charge in [-0.05, 0) is 12.5 Å². The molecular weight excluding hydrogens is 296 g/mol. The zero-order valence-electron chi connectivity index (χ0n) is 11.9. The van der Waals surface area contributed by atoms with E-state index in [-0.39, 0.29) is 35.6 Å². The van der Waals surface area contributed by atoms with Gasteiger partial charge in [-0.25, -0.2) is 4.79 Å². The van der Waals surface area contributed by atoms with E-state index in [2.05, 4.69) is 10.6 Å². The molecule has 0 aliphatic carbocycles. The maximum Gasteiger partial charge on any atom is 0.349 e. The lowest BCUT2D eigenvalue weighted by atomic mass is 10.3. The van der Waals surface area contributed by atoms with E-state index < -0.39 is 5.97 Å². The van der Waals surface area contributed by atoms with Crippen molar-refractivity contribution >= 4 is 29.1 Å². The smallest absolute Gasteiger partial charge is 0.349 e. The van der Waals surface area contributed by atoms with Crippen molar-refractivity contribution < 1.29 is 24.2 Å². The second-order valence-corrected chi connectivity index (χ2v) is 5.32. The molecule has 0 saturated carbocycles. The normalized spacial score (nSPS) is 10.0. The van der Waals surface area contributed by atoms with Crippen LogP contribution in [0.2, 0.25) is 0 Å². The van der Waals surface area contributed by atoms with E-state index in [0.29, 0.717) is 13.0 Å². The van der Waals surface area contributed by atoms with Crippen LogP contribution in [0.5, 0.6) is 5.75 Å². The number of aryl methyl sites for hydroxylation is 1. The zero-order chi connectivity index (χ0) is 15.8.